The first-order valence-electron chi connectivity index (χ1n) is 9.78. The van der Waals surface area contributed by atoms with Crippen molar-refractivity contribution in [1.82, 2.24) is 24.8 Å². The Labute approximate surface area is 167 Å². The van der Waals surface area contributed by atoms with Gasteiger partial charge in [-0.15, -0.1) is 0 Å². The lowest BCUT2D eigenvalue weighted by Crippen LogP contribution is -2.20. The van der Waals surface area contributed by atoms with Crippen LogP contribution in [0.3, 0.4) is 0 Å². The van der Waals surface area contributed by atoms with Crippen LogP contribution in [0.25, 0.3) is 33.3 Å². The number of benzene rings is 1. The minimum Gasteiger partial charge on any atom is -0.491 e. The third-order valence-electron chi connectivity index (χ3n) is 5.23. The zero-order valence-electron chi connectivity index (χ0n) is 16.1. The average Bonchev–Trinajstić information content (AvgIpc) is 3.10. The van der Waals surface area contributed by atoms with Crippen LogP contribution in [0, 0.1) is 0 Å². The van der Waals surface area contributed by atoms with Crippen LogP contribution in [0.1, 0.15) is 18.9 Å². The van der Waals surface area contributed by atoms with Gasteiger partial charge < -0.3 is 10.1 Å². The second-order valence-electron chi connectivity index (χ2n) is 6.95. The van der Waals surface area contributed by atoms with Gasteiger partial charge in [-0.25, -0.2) is 9.78 Å². The second-order valence-corrected chi connectivity index (χ2v) is 6.95. The molecule has 7 heteroatoms. The van der Waals surface area contributed by atoms with Gasteiger partial charge in [-0.3, -0.25) is 14.5 Å². The third-order valence-corrected chi connectivity index (χ3v) is 5.23. The van der Waals surface area contributed by atoms with Crippen molar-refractivity contribution < 1.29 is 4.74 Å². The minimum atomic E-state index is -0.245. The molecule has 3 aromatic heterocycles. The summed E-state index contributed by atoms with van der Waals surface area (Å²) in [5.41, 5.74) is 5.03. The summed E-state index contributed by atoms with van der Waals surface area (Å²) in [6, 6.07) is 9.72. The van der Waals surface area contributed by atoms with Crippen molar-refractivity contribution in [2.24, 2.45) is 0 Å². The number of ether oxygens (including phenoxy) is 1. The molecule has 0 fully saturated rings. The van der Waals surface area contributed by atoms with Gasteiger partial charge in [0.25, 0.3) is 0 Å². The van der Waals surface area contributed by atoms with Crippen molar-refractivity contribution >= 4 is 27.6 Å². The van der Waals surface area contributed by atoms with E-state index in [-0.39, 0.29) is 5.69 Å². The number of imidazole rings is 1. The smallest absolute Gasteiger partial charge is 0.332 e. The Bertz CT molecular complexity index is 1300. The maximum Gasteiger partial charge on any atom is 0.332 e. The topological polar surface area (TPSA) is 84.8 Å². The standard InChI is InChI=1S/C22H21N5O2/c1-2-29-19-8-12-25-21-20(19)27(22(28)26-21)15-3-4-18-17(13-15)16(7-11-24-18)14-5-9-23-10-6-14/h3-5,7-8,11-13,23H,2,6,9-10H2,1H3,(H,25,26,28). The fourth-order valence-corrected chi connectivity index (χ4v) is 3.94. The Morgan fingerprint density at radius 1 is 1.17 bits per heavy atom. The molecule has 0 atom stereocenters. The van der Waals surface area contributed by atoms with E-state index < -0.39 is 0 Å². The number of hydrogen-bond donors (Lipinski definition) is 2. The Morgan fingerprint density at radius 2 is 2.07 bits per heavy atom. The van der Waals surface area contributed by atoms with Gasteiger partial charge >= 0.3 is 5.69 Å². The fraction of sp³-hybridized carbons (Fsp3) is 0.227. The number of pyridine rings is 2. The predicted molar refractivity (Wildman–Crippen MR) is 114 cm³/mol. The summed E-state index contributed by atoms with van der Waals surface area (Å²) in [5.74, 6) is 0.628. The van der Waals surface area contributed by atoms with Crippen molar-refractivity contribution in [3.8, 4) is 11.4 Å². The molecule has 7 nitrogen and oxygen atoms in total. The number of fused-ring (bicyclic) bond motifs is 2. The van der Waals surface area contributed by atoms with Crippen molar-refractivity contribution in [3.63, 3.8) is 0 Å². The summed E-state index contributed by atoms with van der Waals surface area (Å²) >= 11 is 0. The lowest BCUT2D eigenvalue weighted by molar-refractivity contribution is 0.343. The van der Waals surface area contributed by atoms with Gasteiger partial charge in [-0.1, -0.05) is 6.08 Å². The number of nitrogens with one attached hydrogen (secondary N) is 2. The highest BCUT2D eigenvalue weighted by Gasteiger charge is 2.16. The van der Waals surface area contributed by atoms with Gasteiger partial charge in [0, 0.05) is 30.4 Å². The van der Waals surface area contributed by atoms with Crippen LogP contribution in [0.5, 0.6) is 5.75 Å². The van der Waals surface area contributed by atoms with E-state index in [9.17, 15) is 4.79 Å². The van der Waals surface area contributed by atoms with Crippen LogP contribution >= 0.6 is 0 Å². The maximum atomic E-state index is 12.8. The number of nitrogens with zero attached hydrogens (tertiary/aromatic N) is 3. The molecule has 1 aliphatic rings. The zero-order chi connectivity index (χ0) is 19.8. The van der Waals surface area contributed by atoms with Crippen LogP contribution < -0.4 is 15.7 Å². The van der Waals surface area contributed by atoms with Gasteiger partial charge in [-0.05, 0) is 55.3 Å². The molecule has 4 aromatic rings. The number of rotatable bonds is 4. The third kappa shape index (κ3) is 3.00. The van der Waals surface area contributed by atoms with Crippen molar-refractivity contribution in [3.05, 3.63) is 64.8 Å². The molecule has 1 aliphatic heterocycles. The number of aromatic nitrogens is 4. The van der Waals surface area contributed by atoms with E-state index in [0.29, 0.717) is 23.5 Å². The van der Waals surface area contributed by atoms with Crippen LogP contribution in [0.4, 0.5) is 0 Å². The van der Waals surface area contributed by atoms with Crippen LogP contribution in [0.2, 0.25) is 0 Å². The van der Waals surface area contributed by atoms with Crippen LogP contribution in [-0.2, 0) is 0 Å². The van der Waals surface area contributed by atoms with Crippen LogP contribution in [-0.4, -0.2) is 39.2 Å². The molecule has 0 amide bonds. The molecule has 0 bridgehead atoms. The van der Waals surface area contributed by atoms with E-state index in [1.807, 2.05) is 31.3 Å². The summed E-state index contributed by atoms with van der Waals surface area (Å²) in [5, 5.41) is 4.38. The monoisotopic (exact) mass is 387 g/mol. The first kappa shape index (κ1) is 17.6. The van der Waals surface area contributed by atoms with Crippen molar-refractivity contribution in [2.45, 2.75) is 13.3 Å². The van der Waals surface area contributed by atoms with E-state index in [1.165, 1.54) is 5.57 Å². The normalized spacial score (nSPS) is 14.3. The molecule has 0 saturated heterocycles. The number of aromatic amines is 1. The molecular weight excluding hydrogens is 366 g/mol. The largest absolute Gasteiger partial charge is 0.491 e. The SMILES string of the molecule is CCOc1ccnc2[nH]c(=O)n(-c3ccc4nccc(C5=CCNCC5)c4c3)c12. The molecule has 2 N–H and O–H groups in total. The van der Waals surface area contributed by atoms with E-state index in [2.05, 4.69) is 32.4 Å². The molecule has 0 saturated carbocycles. The van der Waals surface area contributed by atoms with Gasteiger partial charge in [0.2, 0.25) is 0 Å². The number of hydrogen-bond acceptors (Lipinski definition) is 5. The molecule has 0 aliphatic carbocycles. The first-order valence-corrected chi connectivity index (χ1v) is 9.78. The van der Waals surface area contributed by atoms with Gasteiger partial charge in [0.1, 0.15) is 11.3 Å². The average molecular weight is 387 g/mol. The highest BCUT2D eigenvalue weighted by molar-refractivity contribution is 5.93. The van der Waals surface area contributed by atoms with E-state index in [4.69, 9.17) is 4.74 Å². The van der Waals surface area contributed by atoms with Crippen molar-refractivity contribution in [1.29, 1.82) is 0 Å². The Kier molecular flexibility index (Phi) is 4.37. The Balaban J connectivity index is 1.75. The summed E-state index contributed by atoms with van der Waals surface area (Å²) in [6.45, 7) is 4.25. The van der Waals surface area contributed by atoms with Gasteiger partial charge in [0.05, 0.1) is 17.8 Å². The maximum absolute atomic E-state index is 12.8. The van der Waals surface area contributed by atoms with E-state index in [1.54, 1.807) is 16.8 Å². The van der Waals surface area contributed by atoms with E-state index in [0.717, 1.165) is 41.7 Å². The molecule has 4 heterocycles. The molecule has 0 radical (unpaired) electrons. The molecule has 1 aromatic carbocycles. The first-order chi connectivity index (χ1) is 14.3. The highest BCUT2D eigenvalue weighted by atomic mass is 16.5. The molecular formula is C22H21N5O2. The summed E-state index contributed by atoms with van der Waals surface area (Å²) in [7, 11) is 0. The lowest BCUT2D eigenvalue weighted by atomic mass is 9.96. The molecule has 29 heavy (non-hydrogen) atoms. The summed E-state index contributed by atoms with van der Waals surface area (Å²) < 4.78 is 7.38. The minimum absolute atomic E-state index is 0.245. The Hall–Kier alpha value is -3.45. The number of H-pyrrole nitrogens is 1. The van der Waals surface area contributed by atoms with Gasteiger partial charge in [-0.2, -0.15) is 0 Å². The fourth-order valence-electron chi connectivity index (χ4n) is 3.94. The van der Waals surface area contributed by atoms with Gasteiger partial charge in [0.15, 0.2) is 5.65 Å². The second kappa shape index (κ2) is 7.18. The zero-order valence-corrected chi connectivity index (χ0v) is 16.1. The van der Waals surface area contributed by atoms with Crippen molar-refractivity contribution in [2.75, 3.05) is 19.7 Å². The molecule has 5 rings (SSSR count). The highest BCUT2D eigenvalue weighted by Crippen LogP contribution is 2.30. The molecule has 0 spiro atoms. The Morgan fingerprint density at radius 3 is 2.90 bits per heavy atom. The molecule has 146 valence electrons. The molecule has 0 unspecified atom stereocenters. The quantitative estimate of drug-likeness (QED) is 0.562. The lowest BCUT2D eigenvalue weighted by Gasteiger charge is -2.16. The summed E-state index contributed by atoms with van der Waals surface area (Å²) in [4.78, 5) is 24.4. The summed E-state index contributed by atoms with van der Waals surface area (Å²) in [6.07, 6.45) is 6.67. The predicted octanol–water partition coefficient (Wildman–Crippen LogP) is 3.04. The van der Waals surface area contributed by atoms with E-state index >= 15 is 0 Å². The van der Waals surface area contributed by atoms with Crippen LogP contribution in [0.15, 0.2) is 53.6 Å².